The Morgan fingerprint density at radius 2 is 2.23 bits per heavy atom. The first-order valence-corrected chi connectivity index (χ1v) is 8.68. The maximum Gasteiger partial charge on any atom is 0.330 e. The molecule has 0 saturated carbocycles. The predicted octanol–water partition coefficient (Wildman–Crippen LogP) is 2.34. The molecule has 2 heterocycles. The van der Waals surface area contributed by atoms with Gasteiger partial charge in [-0.2, -0.15) is 0 Å². The minimum absolute atomic E-state index is 0.0479. The molecule has 0 radical (unpaired) electrons. The first kappa shape index (κ1) is 16.8. The summed E-state index contributed by atoms with van der Waals surface area (Å²) in [5.41, 5.74) is 0.863. The summed E-state index contributed by atoms with van der Waals surface area (Å²) in [5, 5.41) is 11.2. The SMILES string of the molecule is CC(=O)SCC(C)C(=O)N1CC(c2cccs2)=CC1C(=O)O. The van der Waals surface area contributed by atoms with Crippen LogP contribution in [0.15, 0.2) is 23.6 Å². The van der Waals surface area contributed by atoms with Crippen LogP contribution in [-0.2, 0) is 14.4 Å². The molecule has 2 unspecified atom stereocenters. The number of hydrogen-bond acceptors (Lipinski definition) is 5. The van der Waals surface area contributed by atoms with Crippen LogP contribution in [0.5, 0.6) is 0 Å². The summed E-state index contributed by atoms with van der Waals surface area (Å²) in [5.74, 6) is -1.30. The van der Waals surface area contributed by atoms with Crippen LogP contribution in [0, 0.1) is 5.92 Å². The fraction of sp³-hybridized carbons (Fsp3) is 0.400. The fourth-order valence-corrected chi connectivity index (χ4v) is 3.62. The second kappa shape index (κ2) is 7.11. The summed E-state index contributed by atoms with van der Waals surface area (Å²) >= 11 is 2.61. The summed E-state index contributed by atoms with van der Waals surface area (Å²) in [7, 11) is 0. The zero-order valence-corrected chi connectivity index (χ0v) is 13.9. The van der Waals surface area contributed by atoms with E-state index in [0.29, 0.717) is 12.3 Å². The van der Waals surface area contributed by atoms with E-state index in [9.17, 15) is 19.5 Å². The van der Waals surface area contributed by atoms with Crippen LogP contribution < -0.4 is 0 Å². The Bertz CT molecular complexity index is 609. The van der Waals surface area contributed by atoms with Crippen molar-refractivity contribution in [2.75, 3.05) is 12.3 Å². The molecule has 0 fully saturated rings. The standard InChI is InChI=1S/C15H17NO4S2/c1-9(8-22-10(2)17)14(18)16-7-11(6-12(16)15(19)20)13-4-3-5-21-13/h3-6,9,12H,7-8H2,1-2H3,(H,19,20). The summed E-state index contributed by atoms with van der Waals surface area (Å²) in [6.07, 6.45) is 1.64. The van der Waals surface area contributed by atoms with Crippen molar-refractivity contribution in [3.63, 3.8) is 0 Å². The lowest BCUT2D eigenvalue weighted by molar-refractivity contribution is -0.148. The molecule has 1 N–H and O–H groups in total. The number of carboxylic acids is 1. The van der Waals surface area contributed by atoms with Crippen molar-refractivity contribution in [1.82, 2.24) is 4.90 Å². The van der Waals surface area contributed by atoms with Crippen LogP contribution in [0.3, 0.4) is 0 Å². The van der Waals surface area contributed by atoms with Gasteiger partial charge in [-0.05, 0) is 23.1 Å². The Balaban J connectivity index is 2.11. The molecular formula is C15H17NO4S2. The predicted molar refractivity (Wildman–Crippen MR) is 87.7 cm³/mol. The number of rotatable bonds is 5. The normalized spacial score (nSPS) is 18.9. The number of amides is 1. The fourth-order valence-electron chi connectivity index (χ4n) is 2.25. The number of hydrogen-bond donors (Lipinski definition) is 1. The molecule has 2 rings (SSSR count). The Morgan fingerprint density at radius 3 is 2.77 bits per heavy atom. The molecular weight excluding hydrogens is 322 g/mol. The van der Waals surface area contributed by atoms with E-state index in [-0.39, 0.29) is 11.0 Å². The van der Waals surface area contributed by atoms with Crippen molar-refractivity contribution in [2.45, 2.75) is 19.9 Å². The van der Waals surface area contributed by atoms with Gasteiger partial charge in [0.2, 0.25) is 5.91 Å². The molecule has 0 aliphatic carbocycles. The molecule has 1 aliphatic rings. The molecule has 7 heteroatoms. The van der Waals surface area contributed by atoms with Crippen molar-refractivity contribution in [2.24, 2.45) is 5.92 Å². The Kier molecular flexibility index (Phi) is 5.42. The van der Waals surface area contributed by atoms with Crippen molar-refractivity contribution in [3.05, 3.63) is 28.5 Å². The lowest BCUT2D eigenvalue weighted by Gasteiger charge is -2.25. The zero-order valence-electron chi connectivity index (χ0n) is 12.3. The van der Waals surface area contributed by atoms with Gasteiger partial charge in [0.25, 0.3) is 0 Å². The summed E-state index contributed by atoms with van der Waals surface area (Å²) in [6.45, 7) is 3.47. The van der Waals surface area contributed by atoms with Gasteiger partial charge in [0.15, 0.2) is 5.12 Å². The number of carbonyl (C=O) groups is 3. The third kappa shape index (κ3) is 3.78. The highest BCUT2D eigenvalue weighted by Crippen LogP contribution is 2.29. The van der Waals surface area contributed by atoms with Crippen LogP contribution in [0.4, 0.5) is 0 Å². The molecule has 0 bridgehead atoms. The van der Waals surface area contributed by atoms with E-state index in [4.69, 9.17) is 0 Å². The molecule has 2 atom stereocenters. The van der Waals surface area contributed by atoms with Gasteiger partial charge >= 0.3 is 5.97 Å². The maximum absolute atomic E-state index is 12.5. The third-order valence-corrected chi connectivity index (χ3v) is 5.39. The zero-order chi connectivity index (χ0) is 16.3. The number of carbonyl (C=O) groups excluding carboxylic acids is 2. The van der Waals surface area contributed by atoms with Gasteiger partial charge < -0.3 is 10.0 Å². The molecule has 0 spiro atoms. The van der Waals surface area contributed by atoms with E-state index in [1.165, 1.54) is 23.2 Å². The quantitative estimate of drug-likeness (QED) is 0.891. The molecule has 1 amide bonds. The van der Waals surface area contributed by atoms with Crippen molar-refractivity contribution < 1.29 is 19.5 Å². The second-order valence-electron chi connectivity index (χ2n) is 5.12. The van der Waals surface area contributed by atoms with Gasteiger partial charge in [-0.1, -0.05) is 24.8 Å². The van der Waals surface area contributed by atoms with E-state index in [2.05, 4.69) is 0 Å². The van der Waals surface area contributed by atoms with Crippen LogP contribution in [0.25, 0.3) is 5.57 Å². The van der Waals surface area contributed by atoms with Gasteiger partial charge in [-0.15, -0.1) is 11.3 Å². The van der Waals surface area contributed by atoms with E-state index in [0.717, 1.165) is 22.2 Å². The minimum Gasteiger partial charge on any atom is -0.479 e. The van der Waals surface area contributed by atoms with Gasteiger partial charge in [0.05, 0.1) is 0 Å². The summed E-state index contributed by atoms with van der Waals surface area (Å²) in [4.78, 5) is 37.3. The molecule has 118 valence electrons. The van der Waals surface area contributed by atoms with Gasteiger partial charge in [0, 0.05) is 30.0 Å². The molecule has 0 aromatic carbocycles. The molecule has 5 nitrogen and oxygen atoms in total. The van der Waals surface area contributed by atoms with Gasteiger partial charge in [0.1, 0.15) is 6.04 Å². The third-order valence-electron chi connectivity index (χ3n) is 3.37. The first-order chi connectivity index (χ1) is 10.4. The summed E-state index contributed by atoms with van der Waals surface area (Å²) < 4.78 is 0. The highest BCUT2D eigenvalue weighted by atomic mass is 32.2. The number of nitrogens with zero attached hydrogens (tertiary/aromatic N) is 1. The van der Waals surface area contributed by atoms with E-state index >= 15 is 0 Å². The average Bonchev–Trinajstić information content (AvgIpc) is 3.11. The Hall–Kier alpha value is -1.60. The highest BCUT2D eigenvalue weighted by molar-refractivity contribution is 8.13. The number of carboxylic acid groups (broad SMARTS) is 1. The monoisotopic (exact) mass is 339 g/mol. The van der Waals surface area contributed by atoms with E-state index < -0.39 is 17.9 Å². The largest absolute Gasteiger partial charge is 0.479 e. The average molecular weight is 339 g/mol. The first-order valence-electron chi connectivity index (χ1n) is 6.81. The summed E-state index contributed by atoms with van der Waals surface area (Å²) in [6, 6.07) is 2.88. The van der Waals surface area contributed by atoms with Crippen molar-refractivity contribution >= 4 is 45.7 Å². The highest BCUT2D eigenvalue weighted by Gasteiger charge is 2.36. The molecule has 0 saturated heterocycles. The number of thioether (sulfide) groups is 1. The van der Waals surface area contributed by atoms with Crippen molar-refractivity contribution in [1.29, 1.82) is 0 Å². The molecule has 1 aromatic rings. The van der Waals surface area contributed by atoms with Crippen LogP contribution in [-0.4, -0.2) is 45.3 Å². The Morgan fingerprint density at radius 1 is 1.50 bits per heavy atom. The van der Waals surface area contributed by atoms with Crippen LogP contribution in [0.2, 0.25) is 0 Å². The Labute approximate surface area is 137 Å². The topological polar surface area (TPSA) is 74.7 Å². The lowest BCUT2D eigenvalue weighted by atomic mass is 10.1. The van der Waals surface area contributed by atoms with Gasteiger partial charge in [-0.25, -0.2) is 4.79 Å². The van der Waals surface area contributed by atoms with E-state index in [1.54, 1.807) is 13.0 Å². The number of aliphatic carboxylic acids is 1. The van der Waals surface area contributed by atoms with Crippen LogP contribution in [0.1, 0.15) is 18.7 Å². The maximum atomic E-state index is 12.5. The lowest BCUT2D eigenvalue weighted by Crippen LogP contribution is -2.44. The molecule has 22 heavy (non-hydrogen) atoms. The number of thiophene rings is 1. The smallest absolute Gasteiger partial charge is 0.330 e. The van der Waals surface area contributed by atoms with Crippen LogP contribution >= 0.6 is 23.1 Å². The molecule has 1 aliphatic heterocycles. The minimum atomic E-state index is -1.04. The van der Waals surface area contributed by atoms with Gasteiger partial charge in [-0.3, -0.25) is 9.59 Å². The van der Waals surface area contributed by atoms with Crippen molar-refractivity contribution in [3.8, 4) is 0 Å². The van der Waals surface area contributed by atoms with E-state index in [1.807, 2.05) is 17.5 Å². The molecule has 1 aromatic heterocycles. The second-order valence-corrected chi connectivity index (χ2v) is 7.27.